The number of carbonyl (C=O) groups excluding carboxylic acids is 1. The Balaban J connectivity index is 2.43. The standard InChI is InChI=1S/C13H24BrNO5/c1-3-17-12(18-4-2)5-6-15(11(16)9-14)10-13-19-7-8-20-13/h12-13H,3-10H2,1-2H3. The topological polar surface area (TPSA) is 57.2 Å². The maximum absolute atomic E-state index is 11.9. The minimum atomic E-state index is -0.323. The summed E-state index contributed by atoms with van der Waals surface area (Å²) < 4.78 is 21.7. The number of halogens is 1. The van der Waals surface area contributed by atoms with E-state index in [1.807, 2.05) is 13.8 Å². The molecule has 0 atom stereocenters. The number of ether oxygens (including phenoxy) is 4. The number of amides is 1. The molecule has 0 aromatic rings. The zero-order valence-corrected chi connectivity index (χ0v) is 13.8. The van der Waals surface area contributed by atoms with Crippen LogP contribution in [-0.2, 0) is 23.7 Å². The van der Waals surface area contributed by atoms with Crippen molar-refractivity contribution < 1.29 is 23.7 Å². The first kappa shape index (κ1) is 17.8. The molecule has 0 bridgehead atoms. The third-order valence-electron chi connectivity index (χ3n) is 2.87. The number of carbonyl (C=O) groups is 1. The van der Waals surface area contributed by atoms with Crippen LogP contribution in [0.5, 0.6) is 0 Å². The molecule has 1 aliphatic heterocycles. The third kappa shape index (κ3) is 6.49. The Hall–Kier alpha value is -0.210. The van der Waals surface area contributed by atoms with E-state index in [1.54, 1.807) is 4.90 Å². The van der Waals surface area contributed by atoms with Crippen LogP contribution in [0.3, 0.4) is 0 Å². The fourth-order valence-corrected chi connectivity index (χ4v) is 2.30. The Bertz CT molecular complexity index is 267. The predicted molar refractivity (Wildman–Crippen MR) is 77.7 cm³/mol. The van der Waals surface area contributed by atoms with Crippen molar-refractivity contribution in [2.75, 3.05) is 44.8 Å². The number of rotatable bonds is 10. The van der Waals surface area contributed by atoms with E-state index in [1.165, 1.54) is 0 Å². The van der Waals surface area contributed by atoms with Crippen molar-refractivity contribution in [3.05, 3.63) is 0 Å². The lowest BCUT2D eigenvalue weighted by Gasteiger charge is -2.26. The van der Waals surface area contributed by atoms with Gasteiger partial charge in [0.1, 0.15) is 0 Å². The molecule has 20 heavy (non-hydrogen) atoms. The van der Waals surface area contributed by atoms with Gasteiger partial charge in [0.2, 0.25) is 5.91 Å². The number of nitrogens with zero attached hydrogens (tertiary/aromatic N) is 1. The second-order valence-corrected chi connectivity index (χ2v) is 4.83. The van der Waals surface area contributed by atoms with Crippen LogP contribution in [0.2, 0.25) is 0 Å². The minimum absolute atomic E-state index is 0.0100. The summed E-state index contributed by atoms with van der Waals surface area (Å²) in [5.74, 6) is 0.0100. The first-order chi connectivity index (χ1) is 9.71. The van der Waals surface area contributed by atoms with E-state index in [0.29, 0.717) is 45.9 Å². The highest BCUT2D eigenvalue weighted by Gasteiger charge is 2.23. The van der Waals surface area contributed by atoms with E-state index in [4.69, 9.17) is 18.9 Å². The van der Waals surface area contributed by atoms with Crippen molar-refractivity contribution in [3.8, 4) is 0 Å². The van der Waals surface area contributed by atoms with E-state index in [0.717, 1.165) is 0 Å². The van der Waals surface area contributed by atoms with Gasteiger partial charge in [-0.05, 0) is 13.8 Å². The zero-order valence-electron chi connectivity index (χ0n) is 12.2. The van der Waals surface area contributed by atoms with Gasteiger partial charge in [-0.15, -0.1) is 0 Å². The molecule has 1 amide bonds. The molecule has 1 aliphatic rings. The summed E-state index contributed by atoms with van der Waals surface area (Å²) in [5, 5.41) is 0.285. The van der Waals surface area contributed by atoms with Gasteiger partial charge in [-0.1, -0.05) is 15.9 Å². The Morgan fingerprint density at radius 3 is 2.40 bits per heavy atom. The van der Waals surface area contributed by atoms with Crippen molar-refractivity contribution >= 4 is 21.8 Å². The summed E-state index contributed by atoms with van der Waals surface area (Å²) in [6.07, 6.45) is 0.0318. The van der Waals surface area contributed by atoms with Gasteiger partial charge in [0.25, 0.3) is 0 Å². The first-order valence-electron chi connectivity index (χ1n) is 7.01. The summed E-state index contributed by atoms with van der Waals surface area (Å²) in [6.45, 7) is 7.19. The number of alkyl halides is 1. The van der Waals surface area contributed by atoms with Crippen LogP contribution in [-0.4, -0.2) is 68.2 Å². The van der Waals surface area contributed by atoms with Crippen molar-refractivity contribution in [3.63, 3.8) is 0 Å². The van der Waals surface area contributed by atoms with E-state index in [2.05, 4.69) is 15.9 Å². The predicted octanol–water partition coefficient (Wildman–Crippen LogP) is 1.37. The fraction of sp³-hybridized carbons (Fsp3) is 0.923. The molecular formula is C13H24BrNO5. The molecule has 118 valence electrons. The van der Waals surface area contributed by atoms with Gasteiger partial charge in [0.05, 0.1) is 25.1 Å². The normalized spacial score (nSPS) is 16.0. The largest absolute Gasteiger partial charge is 0.353 e. The summed E-state index contributed by atoms with van der Waals surface area (Å²) >= 11 is 3.20. The van der Waals surface area contributed by atoms with Crippen LogP contribution in [0.25, 0.3) is 0 Å². The highest BCUT2D eigenvalue weighted by molar-refractivity contribution is 9.09. The first-order valence-corrected chi connectivity index (χ1v) is 8.13. The molecule has 7 heteroatoms. The monoisotopic (exact) mass is 353 g/mol. The molecule has 0 aromatic heterocycles. The lowest BCUT2D eigenvalue weighted by Crippen LogP contribution is -2.40. The summed E-state index contributed by atoms with van der Waals surface area (Å²) in [6, 6.07) is 0. The lowest BCUT2D eigenvalue weighted by molar-refractivity contribution is -0.149. The Morgan fingerprint density at radius 1 is 1.30 bits per heavy atom. The molecule has 6 nitrogen and oxygen atoms in total. The van der Waals surface area contributed by atoms with Gasteiger partial charge in [-0.25, -0.2) is 0 Å². The maximum Gasteiger partial charge on any atom is 0.233 e. The lowest BCUT2D eigenvalue weighted by atomic mass is 10.3. The quantitative estimate of drug-likeness (QED) is 0.438. The molecule has 0 aliphatic carbocycles. The van der Waals surface area contributed by atoms with E-state index in [9.17, 15) is 4.79 Å². The van der Waals surface area contributed by atoms with Crippen LogP contribution in [0, 0.1) is 0 Å². The molecular weight excluding hydrogens is 330 g/mol. The molecule has 0 N–H and O–H groups in total. The summed E-state index contributed by atoms with van der Waals surface area (Å²) in [7, 11) is 0. The van der Waals surface area contributed by atoms with Gasteiger partial charge in [-0.2, -0.15) is 0 Å². The second-order valence-electron chi connectivity index (χ2n) is 4.27. The van der Waals surface area contributed by atoms with Crippen molar-refractivity contribution in [2.45, 2.75) is 32.8 Å². The van der Waals surface area contributed by atoms with Crippen LogP contribution in [0.4, 0.5) is 0 Å². The average Bonchev–Trinajstić information content (AvgIpc) is 2.95. The summed E-state index contributed by atoms with van der Waals surface area (Å²) in [5.41, 5.74) is 0. The molecule has 1 fully saturated rings. The van der Waals surface area contributed by atoms with E-state index >= 15 is 0 Å². The molecule has 0 saturated carbocycles. The number of hydrogen-bond acceptors (Lipinski definition) is 5. The van der Waals surface area contributed by atoms with Gasteiger partial charge >= 0.3 is 0 Å². The molecule has 1 heterocycles. The molecule has 1 saturated heterocycles. The molecule has 0 unspecified atom stereocenters. The maximum atomic E-state index is 11.9. The van der Waals surface area contributed by atoms with Crippen LogP contribution < -0.4 is 0 Å². The Labute approximate surface area is 128 Å². The molecule has 1 rings (SSSR count). The Morgan fingerprint density at radius 2 is 1.90 bits per heavy atom. The van der Waals surface area contributed by atoms with Gasteiger partial charge in [-0.3, -0.25) is 4.79 Å². The minimum Gasteiger partial charge on any atom is -0.353 e. The molecule has 0 radical (unpaired) electrons. The van der Waals surface area contributed by atoms with Gasteiger partial charge < -0.3 is 23.8 Å². The van der Waals surface area contributed by atoms with E-state index < -0.39 is 0 Å². The second kappa shape index (κ2) is 10.5. The molecule has 0 aromatic carbocycles. The zero-order chi connectivity index (χ0) is 14.8. The van der Waals surface area contributed by atoms with Gasteiger partial charge in [0.15, 0.2) is 12.6 Å². The van der Waals surface area contributed by atoms with Crippen molar-refractivity contribution in [2.24, 2.45) is 0 Å². The third-order valence-corrected chi connectivity index (χ3v) is 3.35. The average molecular weight is 354 g/mol. The highest BCUT2D eigenvalue weighted by atomic mass is 79.9. The summed E-state index contributed by atoms with van der Waals surface area (Å²) in [4.78, 5) is 13.6. The SMILES string of the molecule is CCOC(CCN(CC1OCCO1)C(=O)CBr)OCC. The smallest absolute Gasteiger partial charge is 0.233 e. The fourth-order valence-electron chi connectivity index (χ4n) is 1.94. The highest BCUT2D eigenvalue weighted by Crippen LogP contribution is 2.10. The van der Waals surface area contributed by atoms with E-state index in [-0.39, 0.29) is 23.8 Å². The van der Waals surface area contributed by atoms with Crippen LogP contribution in [0.1, 0.15) is 20.3 Å². The van der Waals surface area contributed by atoms with Crippen LogP contribution in [0.15, 0.2) is 0 Å². The van der Waals surface area contributed by atoms with Gasteiger partial charge in [0, 0.05) is 26.2 Å². The van der Waals surface area contributed by atoms with Crippen molar-refractivity contribution in [1.29, 1.82) is 0 Å². The van der Waals surface area contributed by atoms with Crippen LogP contribution >= 0.6 is 15.9 Å². The number of hydrogen-bond donors (Lipinski definition) is 0. The Kier molecular flexibility index (Phi) is 9.37. The van der Waals surface area contributed by atoms with Crippen molar-refractivity contribution in [1.82, 2.24) is 4.90 Å². The molecule has 0 spiro atoms.